The maximum Gasteiger partial charge on any atom is 0.204 e. The number of hydrogen-bond donors (Lipinski definition) is 4. The van der Waals surface area contributed by atoms with Gasteiger partial charge in [0.25, 0.3) is 0 Å². The number of aliphatic hydroxyl groups excluding tert-OH is 1. The molecule has 148 valence electrons. The number of fused-ring (bicyclic) bond motifs is 1. The van der Waals surface area contributed by atoms with E-state index >= 15 is 0 Å². The molecule has 4 N–H and O–H groups in total. The number of rotatable bonds is 4. The van der Waals surface area contributed by atoms with Gasteiger partial charge in [0.15, 0.2) is 23.7 Å². The number of ketones is 1. The molecule has 0 fully saturated rings. The minimum absolute atomic E-state index is 0.0446. The zero-order chi connectivity index (χ0) is 20.6. The van der Waals surface area contributed by atoms with Gasteiger partial charge in [-0.1, -0.05) is 29.8 Å². The number of carbonyl (C=O) groups excluding carboxylic acids is 1. The number of phenols is 3. The topological polar surface area (TPSA) is 116 Å². The summed E-state index contributed by atoms with van der Waals surface area (Å²) in [6.45, 7) is 3.75. The van der Waals surface area contributed by atoms with Crippen molar-refractivity contribution in [3.63, 3.8) is 0 Å². The summed E-state index contributed by atoms with van der Waals surface area (Å²) in [5.74, 6) is -2.19. The number of aliphatic hydroxyl groups is 1. The summed E-state index contributed by atoms with van der Waals surface area (Å²) in [7, 11) is 1.25. The van der Waals surface area contributed by atoms with Gasteiger partial charge in [-0.15, -0.1) is 0 Å². The number of aromatic hydroxyl groups is 3. The summed E-state index contributed by atoms with van der Waals surface area (Å²) in [6, 6.07) is 6.18. The van der Waals surface area contributed by atoms with Crippen LogP contribution in [0.15, 0.2) is 35.9 Å². The molecule has 7 heteroatoms. The second kappa shape index (κ2) is 7.44. The predicted molar refractivity (Wildman–Crippen MR) is 101 cm³/mol. The van der Waals surface area contributed by atoms with Gasteiger partial charge in [-0.05, 0) is 26.3 Å². The highest BCUT2D eigenvalue weighted by molar-refractivity contribution is 6.07. The number of phenolic OH excluding ortho intramolecular Hbond substituents is 3. The monoisotopic (exact) mass is 386 g/mol. The van der Waals surface area contributed by atoms with Crippen molar-refractivity contribution >= 4 is 5.78 Å². The quantitative estimate of drug-likeness (QED) is 0.597. The molecule has 0 spiro atoms. The Morgan fingerprint density at radius 1 is 1.18 bits per heavy atom. The van der Waals surface area contributed by atoms with Crippen molar-refractivity contribution in [1.82, 2.24) is 0 Å². The predicted octanol–water partition coefficient (Wildman–Crippen LogP) is 3.00. The molecule has 2 atom stereocenters. The molecule has 2 aromatic rings. The van der Waals surface area contributed by atoms with Gasteiger partial charge in [0.2, 0.25) is 11.5 Å². The van der Waals surface area contributed by atoms with Crippen LogP contribution in [0.25, 0.3) is 0 Å². The van der Waals surface area contributed by atoms with E-state index in [-0.39, 0.29) is 46.1 Å². The van der Waals surface area contributed by atoms with Crippen LogP contribution in [0.5, 0.6) is 28.7 Å². The number of allylic oxidation sites excluding steroid dienone is 2. The van der Waals surface area contributed by atoms with Crippen molar-refractivity contribution in [3.8, 4) is 28.7 Å². The Bertz CT molecular complexity index is 958. The number of methoxy groups -OCH3 is 1. The van der Waals surface area contributed by atoms with Crippen LogP contribution >= 0.6 is 0 Å². The first-order chi connectivity index (χ1) is 13.3. The van der Waals surface area contributed by atoms with Gasteiger partial charge in [0.1, 0.15) is 17.1 Å². The molecule has 0 aromatic heterocycles. The van der Waals surface area contributed by atoms with Gasteiger partial charge < -0.3 is 29.9 Å². The number of para-hydroxylation sites is 1. The van der Waals surface area contributed by atoms with Crippen molar-refractivity contribution in [2.75, 3.05) is 7.11 Å². The molecule has 28 heavy (non-hydrogen) atoms. The maximum atomic E-state index is 12.9. The number of Topliss-reactive ketones (excluding diaryl/α,β-unsaturated/α-hetero) is 1. The van der Waals surface area contributed by atoms with E-state index < -0.39 is 23.7 Å². The minimum Gasteiger partial charge on any atom is -0.508 e. The molecule has 1 aliphatic rings. The Hall–Kier alpha value is -3.19. The van der Waals surface area contributed by atoms with E-state index in [4.69, 9.17) is 9.47 Å². The molecule has 0 bridgehead atoms. The van der Waals surface area contributed by atoms with Crippen LogP contribution in [0.4, 0.5) is 0 Å². The molecule has 7 nitrogen and oxygen atoms in total. The standard InChI is InChI=1S/C21H22O7/c1-10(2)8-9-12-15(23)21(27-3)17(25)14-16(24)18(26)20(28-19(12)14)11-6-4-5-7-13(11)22/h4-8,18,20,22-23,25-26H,9H2,1-3H3/t18-,20-/m0/s1. The van der Waals surface area contributed by atoms with Gasteiger partial charge in [-0.25, -0.2) is 0 Å². The molecule has 1 heterocycles. The Kier molecular flexibility index (Phi) is 5.20. The first-order valence-corrected chi connectivity index (χ1v) is 8.72. The third kappa shape index (κ3) is 3.14. The van der Waals surface area contributed by atoms with Gasteiger partial charge in [-0.3, -0.25) is 4.79 Å². The van der Waals surface area contributed by atoms with Crippen LogP contribution in [0.1, 0.15) is 41.4 Å². The lowest BCUT2D eigenvalue weighted by molar-refractivity contribution is 0.0197. The summed E-state index contributed by atoms with van der Waals surface area (Å²) in [4.78, 5) is 12.9. The fourth-order valence-electron chi connectivity index (χ4n) is 3.21. The van der Waals surface area contributed by atoms with E-state index in [1.54, 1.807) is 12.1 Å². The zero-order valence-corrected chi connectivity index (χ0v) is 15.8. The molecule has 0 aliphatic carbocycles. The Labute approximate surface area is 162 Å². The molecule has 0 radical (unpaired) electrons. The lowest BCUT2D eigenvalue weighted by Gasteiger charge is -2.32. The van der Waals surface area contributed by atoms with E-state index in [1.165, 1.54) is 19.2 Å². The van der Waals surface area contributed by atoms with E-state index in [9.17, 15) is 25.2 Å². The lowest BCUT2D eigenvalue weighted by Crippen LogP contribution is -2.36. The second-order valence-electron chi connectivity index (χ2n) is 6.81. The average Bonchev–Trinajstić information content (AvgIpc) is 2.65. The van der Waals surface area contributed by atoms with E-state index in [2.05, 4.69) is 0 Å². The number of carbonyl (C=O) groups is 1. The zero-order valence-electron chi connectivity index (χ0n) is 15.8. The lowest BCUT2D eigenvalue weighted by atomic mass is 9.89. The Morgan fingerprint density at radius 3 is 2.46 bits per heavy atom. The molecule has 0 unspecified atom stereocenters. The average molecular weight is 386 g/mol. The first kappa shape index (κ1) is 19.6. The molecule has 2 aromatic carbocycles. The van der Waals surface area contributed by atoms with Crippen LogP contribution in [0.3, 0.4) is 0 Å². The third-order valence-electron chi connectivity index (χ3n) is 4.66. The number of benzene rings is 2. The highest BCUT2D eigenvalue weighted by atomic mass is 16.5. The van der Waals surface area contributed by atoms with E-state index in [0.717, 1.165) is 5.57 Å². The molecular formula is C21H22O7. The number of hydrogen-bond acceptors (Lipinski definition) is 7. The summed E-state index contributed by atoms with van der Waals surface area (Å²) in [6.07, 6.45) is -0.819. The highest BCUT2D eigenvalue weighted by Crippen LogP contribution is 2.52. The smallest absolute Gasteiger partial charge is 0.204 e. The Balaban J connectivity index is 2.24. The van der Waals surface area contributed by atoms with Crippen molar-refractivity contribution in [3.05, 3.63) is 52.6 Å². The van der Waals surface area contributed by atoms with Crippen LogP contribution in [-0.2, 0) is 6.42 Å². The highest BCUT2D eigenvalue weighted by Gasteiger charge is 2.43. The first-order valence-electron chi connectivity index (χ1n) is 8.72. The van der Waals surface area contributed by atoms with E-state index in [1.807, 2.05) is 19.9 Å². The van der Waals surface area contributed by atoms with Crippen LogP contribution < -0.4 is 9.47 Å². The van der Waals surface area contributed by atoms with Crippen LogP contribution in [0.2, 0.25) is 0 Å². The van der Waals surface area contributed by atoms with Gasteiger partial charge in [-0.2, -0.15) is 0 Å². The Morgan fingerprint density at radius 2 is 1.86 bits per heavy atom. The largest absolute Gasteiger partial charge is 0.508 e. The summed E-state index contributed by atoms with van der Waals surface area (Å²) < 4.78 is 10.9. The minimum atomic E-state index is -1.66. The summed E-state index contributed by atoms with van der Waals surface area (Å²) in [5.41, 5.74) is 1.18. The molecule has 1 aliphatic heterocycles. The van der Waals surface area contributed by atoms with Crippen molar-refractivity contribution in [2.24, 2.45) is 0 Å². The second-order valence-corrected chi connectivity index (χ2v) is 6.81. The fraction of sp³-hybridized carbons (Fsp3) is 0.286. The number of ether oxygens (including phenoxy) is 2. The van der Waals surface area contributed by atoms with Crippen LogP contribution in [0, 0.1) is 0 Å². The third-order valence-corrected chi connectivity index (χ3v) is 4.66. The molecular weight excluding hydrogens is 364 g/mol. The van der Waals surface area contributed by atoms with Gasteiger partial charge in [0, 0.05) is 11.1 Å². The normalized spacial score (nSPS) is 18.2. The maximum absolute atomic E-state index is 12.9. The summed E-state index contributed by atoms with van der Waals surface area (Å²) >= 11 is 0. The molecule has 0 saturated heterocycles. The molecule has 0 amide bonds. The van der Waals surface area contributed by atoms with Crippen molar-refractivity contribution in [2.45, 2.75) is 32.5 Å². The molecule has 0 saturated carbocycles. The van der Waals surface area contributed by atoms with Crippen LogP contribution in [-0.4, -0.2) is 39.4 Å². The fourth-order valence-corrected chi connectivity index (χ4v) is 3.21. The van der Waals surface area contributed by atoms with Gasteiger partial charge in [0.05, 0.1) is 7.11 Å². The SMILES string of the molecule is COc1c(O)c(CC=C(C)C)c2c(c1O)C(=O)[C@H](O)[C@H](c1ccccc1O)O2. The van der Waals surface area contributed by atoms with E-state index in [0.29, 0.717) is 0 Å². The van der Waals surface area contributed by atoms with Gasteiger partial charge >= 0.3 is 0 Å². The molecule has 3 rings (SSSR count). The van der Waals surface area contributed by atoms with Crippen molar-refractivity contribution in [1.29, 1.82) is 0 Å². The van der Waals surface area contributed by atoms with Crippen molar-refractivity contribution < 1.29 is 34.7 Å². The summed E-state index contributed by atoms with van der Waals surface area (Å²) in [5, 5.41) is 41.7.